The second-order valence-electron chi connectivity index (χ2n) is 6.01. The summed E-state index contributed by atoms with van der Waals surface area (Å²) in [7, 11) is 0. The molecule has 2 rings (SSSR count). The molecule has 1 aromatic carbocycles. The molecule has 5 nitrogen and oxygen atoms in total. The number of thiophene rings is 1. The first-order chi connectivity index (χ1) is 12.6. The summed E-state index contributed by atoms with van der Waals surface area (Å²) in [6.07, 6.45) is 1.72. The molecule has 7 heteroatoms. The van der Waals surface area contributed by atoms with Crippen LogP contribution in [0, 0.1) is 0 Å². The van der Waals surface area contributed by atoms with Crippen molar-refractivity contribution in [3.63, 3.8) is 0 Å². The maximum atomic E-state index is 10.7. The molecule has 0 saturated heterocycles. The molecule has 0 aliphatic carbocycles. The highest BCUT2D eigenvalue weighted by atomic mass is 127. The number of aliphatic hydroxyl groups is 1. The fraction of sp³-hybridized carbons (Fsp3) is 0.350. The lowest BCUT2D eigenvalue weighted by Crippen LogP contribution is -2.44. The van der Waals surface area contributed by atoms with Crippen LogP contribution in [0.1, 0.15) is 24.3 Å². The van der Waals surface area contributed by atoms with Gasteiger partial charge in [-0.3, -0.25) is 0 Å². The van der Waals surface area contributed by atoms with E-state index < -0.39 is 5.60 Å². The van der Waals surface area contributed by atoms with Gasteiger partial charge in [-0.25, -0.2) is 4.99 Å². The van der Waals surface area contributed by atoms with Gasteiger partial charge in [-0.2, -0.15) is 0 Å². The molecular formula is C20H28IN3O2S. The molecule has 0 spiro atoms. The zero-order chi connectivity index (χ0) is 18.8. The SMILES string of the molecule is C=CCOc1ccccc1CN=C(NCC)NCC(C)(O)c1cccs1.I. The van der Waals surface area contributed by atoms with Crippen LogP contribution in [0.3, 0.4) is 0 Å². The fourth-order valence-electron chi connectivity index (χ4n) is 2.36. The van der Waals surface area contributed by atoms with Crippen molar-refractivity contribution < 1.29 is 9.84 Å². The Hall–Kier alpha value is -1.58. The van der Waals surface area contributed by atoms with Crippen molar-refractivity contribution >= 4 is 41.3 Å². The largest absolute Gasteiger partial charge is 0.489 e. The molecule has 0 amide bonds. The molecule has 1 atom stereocenters. The summed E-state index contributed by atoms with van der Waals surface area (Å²) in [5, 5.41) is 19.0. The number of aliphatic imine (C=N–C) groups is 1. The van der Waals surface area contributed by atoms with Crippen LogP contribution < -0.4 is 15.4 Å². The van der Waals surface area contributed by atoms with Crippen molar-refractivity contribution in [1.82, 2.24) is 10.6 Å². The lowest BCUT2D eigenvalue weighted by molar-refractivity contribution is 0.0655. The predicted octanol–water partition coefficient (Wildman–Crippen LogP) is 3.89. The Bertz CT molecular complexity index is 718. The number of hydrogen-bond donors (Lipinski definition) is 3. The van der Waals surface area contributed by atoms with Gasteiger partial charge in [-0.05, 0) is 31.4 Å². The highest BCUT2D eigenvalue weighted by Crippen LogP contribution is 2.24. The Morgan fingerprint density at radius 1 is 1.30 bits per heavy atom. The Morgan fingerprint density at radius 2 is 2.07 bits per heavy atom. The minimum Gasteiger partial charge on any atom is -0.489 e. The van der Waals surface area contributed by atoms with Crippen LogP contribution >= 0.6 is 35.3 Å². The van der Waals surface area contributed by atoms with Crippen LogP contribution in [0.2, 0.25) is 0 Å². The maximum absolute atomic E-state index is 10.7. The molecule has 2 aromatic rings. The summed E-state index contributed by atoms with van der Waals surface area (Å²) < 4.78 is 5.67. The normalized spacial score (nSPS) is 13.2. The topological polar surface area (TPSA) is 65.9 Å². The van der Waals surface area contributed by atoms with Crippen molar-refractivity contribution in [2.45, 2.75) is 26.0 Å². The zero-order valence-electron chi connectivity index (χ0n) is 15.8. The van der Waals surface area contributed by atoms with E-state index in [1.807, 2.05) is 48.7 Å². The first-order valence-electron chi connectivity index (χ1n) is 8.67. The summed E-state index contributed by atoms with van der Waals surface area (Å²) in [5.74, 6) is 1.46. The van der Waals surface area contributed by atoms with Crippen LogP contribution in [0.4, 0.5) is 0 Å². The molecule has 27 heavy (non-hydrogen) atoms. The lowest BCUT2D eigenvalue weighted by atomic mass is 10.1. The quantitative estimate of drug-likeness (QED) is 0.211. The number of ether oxygens (including phenoxy) is 1. The van der Waals surface area contributed by atoms with Crippen LogP contribution in [0.25, 0.3) is 0 Å². The summed E-state index contributed by atoms with van der Waals surface area (Å²) >= 11 is 1.54. The van der Waals surface area contributed by atoms with E-state index in [1.54, 1.807) is 13.0 Å². The van der Waals surface area contributed by atoms with E-state index in [0.29, 0.717) is 25.7 Å². The Balaban J connectivity index is 0.00000364. The van der Waals surface area contributed by atoms with Gasteiger partial charge in [0.05, 0.1) is 13.1 Å². The number of rotatable bonds is 9. The molecule has 3 N–H and O–H groups in total. The van der Waals surface area contributed by atoms with Crippen LogP contribution in [-0.4, -0.2) is 30.8 Å². The van der Waals surface area contributed by atoms with Crippen molar-refractivity contribution in [3.05, 3.63) is 64.9 Å². The number of hydrogen-bond acceptors (Lipinski definition) is 4. The molecule has 0 aliphatic heterocycles. The number of guanidine groups is 1. The monoisotopic (exact) mass is 501 g/mol. The predicted molar refractivity (Wildman–Crippen MR) is 124 cm³/mol. The van der Waals surface area contributed by atoms with E-state index >= 15 is 0 Å². The molecule has 1 aromatic heterocycles. The van der Waals surface area contributed by atoms with Gasteiger partial charge in [0, 0.05) is 17.0 Å². The van der Waals surface area contributed by atoms with E-state index in [2.05, 4.69) is 22.2 Å². The first kappa shape index (κ1) is 23.5. The average Bonchev–Trinajstić information content (AvgIpc) is 3.19. The molecule has 1 heterocycles. The standard InChI is InChI=1S/C20H27N3O2S.HI/c1-4-12-25-17-10-7-6-9-16(17)14-22-19(21-5-2)23-15-20(3,24)18-11-8-13-26-18;/h4,6-11,13,24H,1,5,12,14-15H2,2-3H3,(H2,21,22,23);1H. The van der Waals surface area contributed by atoms with E-state index in [4.69, 9.17) is 4.74 Å². The highest BCUT2D eigenvalue weighted by molar-refractivity contribution is 14.0. The summed E-state index contributed by atoms with van der Waals surface area (Å²) in [4.78, 5) is 5.54. The minimum absolute atomic E-state index is 0. The third-order valence-electron chi connectivity index (χ3n) is 3.73. The van der Waals surface area contributed by atoms with E-state index in [1.165, 1.54) is 11.3 Å². The van der Waals surface area contributed by atoms with Crippen LogP contribution in [0.15, 0.2) is 59.4 Å². The molecular weight excluding hydrogens is 473 g/mol. The maximum Gasteiger partial charge on any atom is 0.191 e. The van der Waals surface area contributed by atoms with Gasteiger partial charge in [0.1, 0.15) is 18.0 Å². The zero-order valence-corrected chi connectivity index (χ0v) is 18.9. The van der Waals surface area contributed by atoms with Gasteiger partial charge in [0.2, 0.25) is 0 Å². The molecule has 0 fully saturated rings. The second-order valence-corrected chi connectivity index (χ2v) is 6.95. The number of benzene rings is 1. The Morgan fingerprint density at radius 3 is 2.74 bits per heavy atom. The van der Waals surface area contributed by atoms with Gasteiger partial charge >= 0.3 is 0 Å². The smallest absolute Gasteiger partial charge is 0.191 e. The Labute approximate surface area is 182 Å². The van der Waals surface area contributed by atoms with Crippen molar-refractivity contribution in [3.8, 4) is 5.75 Å². The van der Waals surface area contributed by atoms with Crippen LogP contribution in [-0.2, 0) is 12.1 Å². The molecule has 0 aliphatic rings. The molecule has 1 unspecified atom stereocenters. The van der Waals surface area contributed by atoms with Gasteiger partial charge in [0.25, 0.3) is 0 Å². The number of halogens is 1. The first-order valence-corrected chi connectivity index (χ1v) is 9.55. The summed E-state index contributed by atoms with van der Waals surface area (Å²) in [5.41, 5.74) is 0.0478. The molecule has 0 radical (unpaired) electrons. The lowest BCUT2D eigenvalue weighted by Gasteiger charge is -2.23. The van der Waals surface area contributed by atoms with Gasteiger partial charge in [0.15, 0.2) is 5.96 Å². The third-order valence-corrected chi connectivity index (χ3v) is 4.86. The number of nitrogens with one attached hydrogen (secondary N) is 2. The van der Waals surface area contributed by atoms with Gasteiger partial charge < -0.3 is 20.5 Å². The minimum atomic E-state index is -0.949. The Kier molecular flexibility index (Phi) is 10.4. The summed E-state index contributed by atoms with van der Waals surface area (Å²) in [6, 6.07) is 11.7. The van der Waals surface area contributed by atoms with E-state index in [9.17, 15) is 5.11 Å². The molecule has 0 saturated carbocycles. The van der Waals surface area contributed by atoms with E-state index in [0.717, 1.165) is 22.7 Å². The van der Waals surface area contributed by atoms with E-state index in [-0.39, 0.29) is 24.0 Å². The molecule has 0 bridgehead atoms. The van der Waals surface area contributed by atoms with Crippen LogP contribution in [0.5, 0.6) is 5.75 Å². The van der Waals surface area contributed by atoms with Crippen molar-refractivity contribution in [2.24, 2.45) is 4.99 Å². The highest BCUT2D eigenvalue weighted by Gasteiger charge is 2.24. The fourth-order valence-corrected chi connectivity index (χ4v) is 3.14. The number of para-hydroxylation sites is 1. The average molecular weight is 501 g/mol. The van der Waals surface area contributed by atoms with Gasteiger partial charge in [-0.1, -0.05) is 36.9 Å². The molecule has 148 valence electrons. The van der Waals surface area contributed by atoms with Gasteiger partial charge in [-0.15, -0.1) is 35.3 Å². The second kappa shape index (κ2) is 12.0. The van der Waals surface area contributed by atoms with Crippen molar-refractivity contribution in [1.29, 1.82) is 0 Å². The third kappa shape index (κ3) is 7.51. The summed E-state index contributed by atoms with van der Waals surface area (Å²) in [6.45, 7) is 9.53. The van der Waals surface area contributed by atoms with Crippen molar-refractivity contribution in [2.75, 3.05) is 19.7 Å². The number of nitrogens with zero attached hydrogens (tertiary/aromatic N) is 1.